The van der Waals surface area contributed by atoms with Crippen LogP contribution in [0, 0.1) is 0 Å². The maximum Gasteiger partial charge on any atom is 0.417 e. The molecule has 9 heteroatoms. The second kappa shape index (κ2) is 8.68. The highest BCUT2D eigenvalue weighted by atomic mass is 19.4. The number of halogens is 3. The molecule has 0 radical (unpaired) electrons. The van der Waals surface area contributed by atoms with Crippen LogP contribution < -0.4 is 0 Å². The number of alkyl halides is 3. The maximum absolute atomic E-state index is 13.0. The third-order valence-corrected chi connectivity index (χ3v) is 5.41. The Kier molecular flexibility index (Phi) is 5.97. The van der Waals surface area contributed by atoms with Gasteiger partial charge in [0.15, 0.2) is 5.78 Å². The molecule has 4 rings (SSSR count). The highest BCUT2D eigenvalue weighted by molar-refractivity contribution is 5.86. The van der Waals surface area contributed by atoms with Crippen molar-refractivity contribution in [1.82, 2.24) is 25.0 Å². The zero-order valence-electron chi connectivity index (χ0n) is 17.1. The molecule has 3 aromatic rings. The monoisotopic (exact) mass is 429 g/mol. The Labute approximate surface area is 177 Å². The first kappa shape index (κ1) is 21.3. The highest BCUT2D eigenvalue weighted by Gasteiger charge is 2.31. The number of rotatable bonds is 5. The molecule has 0 spiro atoms. The summed E-state index contributed by atoms with van der Waals surface area (Å²) in [7, 11) is 2.06. The smallest absolute Gasteiger partial charge is 0.304 e. The molecule has 3 heterocycles. The zero-order chi connectivity index (χ0) is 22.0. The number of pyridine rings is 1. The summed E-state index contributed by atoms with van der Waals surface area (Å²) in [6.45, 7) is 3.98. The highest BCUT2D eigenvalue weighted by Crippen LogP contribution is 2.32. The van der Waals surface area contributed by atoms with Crippen molar-refractivity contribution in [3.8, 4) is 11.1 Å². The van der Waals surface area contributed by atoms with E-state index in [1.807, 2.05) is 0 Å². The number of benzene rings is 1. The number of likely N-dealkylation sites (N-methyl/N-ethyl adjacent to an activating group) is 1. The van der Waals surface area contributed by atoms with Crippen LogP contribution in [0.4, 0.5) is 13.2 Å². The molecule has 0 unspecified atom stereocenters. The van der Waals surface area contributed by atoms with Crippen molar-refractivity contribution in [2.24, 2.45) is 0 Å². The molecular weight excluding hydrogens is 407 g/mol. The second-order valence-corrected chi connectivity index (χ2v) is 7.86. The predicted octanol–water partition coefficient (Wildman–Crippen LogP) is 3.07. The molecule has 1 saturated heterocycles. The zero-order valence-corrected chi connectivity index (χ0v) is 17.1. The van der Waals surface area contributed by atoms with Crippen molar-refractivity contribution < 1.29 is 18.0 Å². The van der Waals surface area contributed by atoms with Gasteiger partial charge in [0.05, 0.1) is 29.7 Å². The molecular formula is C22H22F3N5O. The van der Waals surface area contributed by atoms with Gasteiger partial charge in [0.2, 0.25) is 0 Å². The van der Waals surface area contributed by atoms with Gasteiger partial charge in [-0.1, -0.05) is 6.07 Å². The van der Waals surface area contributed by atoms with Crippen LogP contribution in [0.1, 0.15) is 11.3 Å². The van der Waals surface area contributed by atoms with Crippen LogP contribution in [-0.4, -0.2) is 70.5 Å². The standard InChI is InChI=1S/C22H22F3N5O/c1-29-4-6-30(7-5-29)14-20(31)11-19-10-16-8-15(2-3-21(16)28-27-19)17-9-18(13-26-12-17)22(23,24)25/h2-3,8-10,12-13H,4-7,11,14H2,1H3. The molecule has 2 aromatic heterocycles. The molecule has 0 saturated carbocycles. The first-order valence-corrected chi connectivity index (χ1v) is 9.99. The van der Waals surface area contributed by atoms with E-state index in [4.69, 9.17) is 0 Å². The Bertz CT molecular complexity index is 1090. The molecule has 0 N–H and O–H groups in total. The van der Waals surface area contributed by atoms with Gasteiger partial charge in [0.25, 0.3) is 0 Å². The minimum atomic E-state index is -4.46. The summed E-state index contributed by atoms with van der Waals surface area (Å²) in [6, 6.07) is 7.98. The second-order valence-electron chi connectivity index (χ2n) is 7.86. The number of hydrogen-bond donors (Lipinski definition) is 0. The van der Waals surface area contributed by atoms with Crippen LogP contribution in [0.5, 0.6) is 0 Å². The topological polar surface area (TPSA) is 62.2 Å². The van der Waals surface area contributed by atoms with Crippen molar-refractivity contribution in [2.45, 2.75) is 12.6 Å². The lowest BCUT2D eigenvalue weighted by molar-refractivity contribution is -0.137. The lowest BCUT2D eigenvalue weighted by atomic mass is 10.0. The van der Waals surface area contributed by atoms with Crippen LogP contribution in [0.3, 0.4) is 0 Å². The molecule has 1 aromatic carbocycles. The average molecular weight is 429 g/mol. The first-order chi connectivity index (χ1) is 14.8. The van der Waals surface area contributed by atoms with Crippen molar-refractivity contribution >= 4 is 16.7 Å². The van der Waals surface area contributed by atoms with Gasteiger partial charge in [0.1, 0.15) is 0 Å². The number of aromatic nitrogens is 3. The molecule has 1 aliphatic heterocycles. The fourth-order valence-corrected chi connectivity index (χ4v) is 3.62. The first-order valence-electron chi connectivity index (χ1n) is 9.99. The number of carbonyl (C=O) groups excluding carboxylic acids is 1. The molecule has 0 bridgehead atoms. The van der Waals surface area contributed by atoms with E-state index in [-0.39, 0.29) is 12.2 Å². The summed E-state index contributed by atoms with van der Waals surface area (Å²) in [5, 5.41) is 9.02. The fourth-order valence-electron chi connectivity index (χ4n) is 3.62. The van der Waals surface area contributed by atoms with Gasteiger partial charge in [-0.05, 0) is 36.9 Å². The van der Waals surface area contributed by atoms with Crippen LogP contribution in [0.2, 0.25) is 0 Å². The lowest BCUT2D eigenvalue weighted by Crippen LogP contribution is -2.46. The summed E-state index contributed by atoms with van der Waals surface area (Å²) in [4.78, 5) is 20.6. The van der Waals surface area contributed by atoms with Gasteiger partial charge >= 0.3 is 6.18 Å². The number of nitrogens with zero attached hydrogens (tertiary/aromatic N) is 5. The Hall–Kier alpha value is -2.91. The molecule has 162 valence electrons. The number of hydrogen-bond acceptors (Lipinski definition) is 6. The van der Waals surface area contributed by atoms with E-state index >= 15 is 0 Å². The normalized spacial score (nSPS) is 16.0. The van der Waals surface area contributed by atoms with Gasteiger partial charge < -0.3 is 4.90 Å². The van der Waals surface area contributed by atoms with Crippen molar-refractivity contribution in [1.29, 1.82) is 0 Å². The van der Waals surface area contributed by atoms with E-state index in [0.717, 1.165) is 38.4 Å². The minimum absolute atomic E-state index is 0.0661. The van der Waals surface area contributed by atoms with E-state index in [1.165, 1.54) is 6.20 Å². The van der Waals surface area contributed by atoms with Crippen LogP contribution >= 0.6 is 0 Å². The molecule has 1 aliphatic rings. The van der Waals surface area contributed by atoms with Gasteiger partial charge in [-0.2, -0.15) is 23.4 Å². The molecule has 1 fully saturated rings. The molecule has 0 atom stereocenters. The number of fused-ring (bicyclic) bond motifs is 1. The Morgan fingerprint density at radius 3 is 2.52 bits per heavy atom. The number of carbonyl (C=O) groups is 1. The maximum atomic E-state index is 13.0. The SMILES string of the molecule is CN1CCN(CC(=O)Cc2cc3cc(-c4cncc(C(F)(F)F)c4)ccc3nn2)CC1. The largest absolute Gasteiger partial charge is 0.417 e. The summed E-state index contributed by atoms with van der Waals surface area (Å²) >= 11 is 0. The summed E-state index contributed by atoms with van der Waals surface area (Å²) in [5.74, 6) is 0.0661. The van der Waals surface area contributed by atoms with E-state index in [1.54, 1.807) is 24.3 Å². The molecule has 31 heavy (non-hydrogen) atoms. The average Bonchev–Trinajstić information content (AvgIpc) is 2.74. The summed E-state index contributed by atoms with van der Waals surface area (Å²) in [5.41, 5.74) is 1.31. The van der Waals surface area contributed by atoms with E-state index in [9.17, 15) is 18.0 Å². The van der Waals surface area contributed by atoms with Crippen molar-refractivity contribution in [2.75, 3.05) is 39.8 Å². The van der Waals surface area contributed by atoms with E-state index < -0.39 is 11.7 Å². The quantitative estimate of drug-likeness (QED) is 0.621. The Morgan fingerprint density at radius 2 is 1.77 bits per heavy atom. The third kappa shape index (κ3) is 5.23. The Balaban J connectivity index is 1.52. The summed E-state index contributed by atoms with van der Waals surface area (Å²) in [6.07, 6.45) is -2.08. The molecule has 0 amide bonds. The van der Waals surface area contributed by atoms with Crippen molar-refractivity contribution in [3.05, 3.63) is 54.0 Å². The number of piperazine rings is 1. The fraction of sp³-hybridized carbons (Fsp3) is 0.364. The van der Waals surface area contributed by atoms with E-state index in [2.05, 4.69) is 32.0 Å². The van der Waals surface area contributed by atoms with E-state index in [0.29, 0.717) is 34.3 Å². The minimum Gasteiger partial charge on any atom is -0.304 e. The van der Waals surface area contributed by atoms with Gasteiger partial charge in [-0.25, -0.2) is 0 Å². The molecule has 0 aliphatic carbocycles. The number of ketones is 1. The van der Waals surface area contributed by atoms with Gasteiger partial charge in [0, 0.05) is 49.5 Å². The lowest BCUT2D eigenvalue weighted by Gasteiger charge is -2.31. The van der Waals surface area contributed by atoms with Crippen molar-refractivity contribution in [3.63, 3.8) is 0 Å². The Morgan fingerprint density at radius 1 is 1.00 bits per heavy atom. The predicted molar refractivity (Wildman–Crippen MR) is 110 cm³/mol. The van der Waals surface area contributed by atoms with Crippen LogP contribution in [-0.2, 0) is 17.4 Å². The van der Waals surface area contributed by atoms with Crippen LogP contribution in [0.25, 0.3) is 22.0 Å². The number of Topliss-reactive ketones (excluding diaryl/α,β-unsaturated/α-hetero) is 1. The van der Waals surface area contributed by atoms with Crippen LogP contribution in [0.15, 0.2) is 42.7 Å². The van der Waals surface area contributed by atoms with Gasteiger partial charge in [-0.15, -0.1) is 0 Å². The summed E-state index contributed by atoms with van der Waals surface area (Å²) < 4.78 is 39.0. The molecule has 6 nitrogen and oxygen atoms in total. The van der Waals surface area contributed by atoms with Gasteiger partial charge in [-0.3, -0.25) is 14.7 Å². The third-order valence-electron chi connectivity index (χ3n) is 5.41.